The zero-order valence-corrected chi connectivity index (χ0v) is 10.3. The van der Waals surface area contributed by atoms with E-state index in [2.05, 4.69) is 10.3 Å². The first-order valence-electron chi connectivity index (χ1n) is 5.48. The van der Waals surface area contributed by atoms with Crippen LogP contribution in [0, 0.1) is 5.82 Å². The number of hydrogen-bond acceptors (Lipinski definition) is 3. The first-order chi connectivity index (χ1) is 9.03. The fraction of sp³-hybridized carbons (Fsp3) is 0.0769. The van der Waals surface area contributed by atoms with Crippen LogP contribution in [-0.4, -0.2) is 16.0 Å². The van der Waals surface area contributed by atoms with Crippen molar-refractivity contribution >= 4 is 23.2 Å². The lowest BCUT2D eigenvalue weighted by atomic mass is 9.91. The average molecular weight is 279 g/mol. The predicted octanol–water partition coefficient (Wildman–Crippen LogP) is 2.06. The third kappa shape index (κ3) is 1.63. The standard InChI is InChI=1S/C13H8ClFN2O2/c14-7-4-5-10(16-6-7)13(19)11-8(15)2-1-3-9(11)17-12(13)18/h1-6,19H,(H,17,18). The van der Waals surface area contributed by atoms with E-state index in [1.54, 1.807) is 0 Å². The van der Waals surface area contributed by atoms with Gasteiger partial charge in [-0.05, 0) is 24.3 Å². The lowest BCUT2D eigenvalue weighted by Crippen LogP contribution is -2.36. The average Bonchev–Trinajstić information content (AvgIpc) is 2.64. The van der Waals surface area contributed by atoms with E-state index in [0.717, 1.165) is 0 Å². The summed E-state index contributed by atoms with van der Waals surface area (Å²) in [6.45, 7) is 0. The van der Waals surface area contributed by atoms with Crippen molar-refractivity contribution in [2.75, 3.05) is 5.32 Å². The smallest absolute Gasteiger partial charge is 0.267 e. The van der Waals surface area contributed by atoms with Gasteiger partial charge in [0.05, 0.1) is 22.0 Å². The van der Waals surface area contributed by atoms with Gasteiger partial charge >= 0.3 is 0 Å². The van der Waals surface area contributed by atoms with Crippen molar-refractivity contribution in [1.29, 1.82) is 0 Å². The second kappa shape index (κ2) is 4.01. The van der Waals surface area contributed by atoms with E-state index in [4.69, 9.17) is 11.6 Å². The van der Waals surface area contributed by atoms with Crippen LogP contribution in [0.15, 0.2) is 36.5 Å². The molecule has 4 nitrogen and oxygen atoms in total. The molecule has 1 aliphatic rings. The molecule has 0 radical (unpaired) electrons. The topological polar surface area (TPSA) is 62.2 Å². The Balaban J connectivity index is 2.25. The molecule has 0 fully saturated rings. The van der Waals surface area contributed by atoms with Crippen LogP contribution in [0.2, 0.25) is 5.02 Å². The molecule has 0 saturated heterocycles. The molecule has 19 heavy (non-hydrogen) atoms. The largest absolute Gasteiger partial charge is 0.370 e. The number of amides is 1. The van der Waals surface area contributed by atoms with Gasteiger partial charge in [0.1, 0.15) is 5.82 Å². The van der Waals surface area contributed by atoms with Gasteiger partial charge in [-0.1, -0.05) is 17.7 Å². The molecule has 1 atom stereocenters. The van der Waals surface area contributed by atoms with E-state index in [9.17, 15) is 14.3 Å². The van der Waals surface area contributed by atoms with Gasteiger partial charge in [-0.3, -0.25) is 9.78 Å². The normalized spacial score (nSPS) is 21.1. The maximum Gasteiger partial charge on any atom is 0.267 e. The molecule has 0 bridgehead atoms. The third-order valence-electron chi connectivity index (χ3n) is 3.05. The summed E-state index contributed by atoms with van der Waals surface area (Å²) in [5.41, 5.74) is -1.98. The number of aliphatic hydroxyl groups is 1. The van der Waals surface area contributed by atoms with Crippen molar-refractivity contribution < 1.29 is 14.3 Å². The Morgan fingerprint density at radius 1 is 1.32 bits per heavy atom. The Morgan fingerprint density at radius 2 is 2.11 bits per heavy atom. The highest BCUT2D eigenvalue weighted by molar-refractivity contribution is 6.30. The van der Waals surface area contributed by atoms with Gasteiger partial charge in [0.15, 0.2) is 0 Å². The summed E-state index contributed by atoms with van der Waals surface area (Å²) in [6, 6.07) is 7.02. The van der Waals surface area contributed by atoms with Crippen molar-refractivity contribution in [2.24, 2.45) is 0 Å². The SMILES string of the molecule is O=C1Nc2cccc(F)c2C1(O)c1ccc(Cl)cn1. The molecule has 1 amide bonds. The quantitative estimate of drug-likeness (QED) is 0.839. The molecule has 1 aliphatic heterocycles. The van der Waals surface area contributed by atoms with Crippen molar-refractivity contribution in [2.45, 2.75) is 5.60 Å². The summed E-state index contributed by atoms with van der Waals surface area (Å²) < 4.78 is 13.9. The number of carbonyl (C=O) groups excluding carboxylic acids is 1. The van der Waals surface area contributed by atoms with Gasteiger partial charge in [-0.25, -0.2) is 4.39 Å². The van der Waals surface area contributed by atoms with Gasteiger partial charge in [0.25, 0.3) is 5.91 Å². The Hall–Kier alpha value is -1.98. The maximum absolute atomic E-state index is 13.9. The molecule has 2 N–H and O–H groups in total. The molecular formula is C13H8ClFN2O2. The number of benzene rings is 1. The van der Waals surface area contributed by atoms with Gasteiger partial charge in [0, 0.05) is 6.20 Å². The molecule has 2 aromatic rings. The van der Waals surface area contributed by atoms with E-state index in [1.807, 2.05) is 0 Å². The second-order valence-corrected chi connectivity index (χ2v) is 4.63. The number of nitrogens with zero attached hydrogens (tertiary/aromatic N) is 1. The number of aromatic nitrogens is 1. The minimum atomic E-state index is -2.13. The van der Waals surface area contributed by atoms with Crippen LogP contribution in [0.25, 0.3) is 0 Å². The summed E-state index contributed by atoms with van der Waals surface area (Å²) in [5.74, 6) is -1.41. The van der Waals surface area contributed by atoms with E-state index in [0.29, 0.717) is 5.02 Å². The molecule has 0 aliphatic carbocycles. The van der Waals surface area contributed by atoms with Crippen LogP contribution in [0.3, 0.4) is 0 Å². The molecular weight excluding hydrogens is 271 g/mol. The molecule has 96 valence electrons. The molecule has 0 saturated carbocycles. The fourth-order valence-electron chi connectivity index (χ4n) is 2.16. The Labute approximate surface area is 112 Å². The van der Waals surface area contributed by atoms with Gasteiger partial charge in [-0.2, -0.15) is 0 Å². The van der Waals surface area contributed by atoms with E-state index >= 15 is 0 Å². The predicted molar refractivity (Wildman–Crippen MR) is 67.3 cm³/mol. The van der Waals surface area contributed by atoms with Crippen LogP contribution in [0.4, 0.5) is 10.1 Å². The summed E-state index contributed by atoms with van der Waals surface area (Å²) in [6.07, 6.45) is 1.29. The first-order valence-corrected chi connectivity index (χ1v) is 5.86. The summed E-state index contributed by atoms with van der Waals surface area (Å²) in [5, 5.41) is 13.4. The Kier molecular flexibility index (Phi) is 2.55. The van der Waals surface area contributed by atoms with Crippen molar-refractivity contribution in [3.63, 3.8) is 0 Å². The molecule has 1 aromatic carbocycles. The lowest BCUT2D eigenvalue weighted by Gasteiger charge is -2.20. The number of hydrogen-bond donors (Lipinski definition) is 2. The van der Waals surface area contributed by atoms with Crippen LogP contribution in [0.1, 0.15) is 11.3 Å². The van der Waals surface area contributed by atoms with E-state index < -0.39 is 17.3 Å². The minimum Gasteiger partial charge on any atom is -0.370 e. The van der Waals surface area contributed by atoms with Crippen molar-refractivity contribution in [3.05, 3.63) is 58.6 Å². The highest BCUT2D eigenvalue weighted by Crippen LogP contribution is 2.41. The van der Waals surface area contributed by atoms with Crippen molar-refractivity contribution in [3.8, 4) is 0 Å². The molecule has 6 heteroatoms. The van der Waals surface area contributed by atoms with E-state index in [-0.39, 0.29) is 16.9 Å². The first kappa shape index (κ1) is 12.1. The maximum atomic E-state index is 13.9. The van der Waals surface area contributed by atoms with Gasteiger partial charge in [-0.15, -0.1) is 0 Å². The lowest BCUT2D eigenvalue weighted by molar-refractivity contribution is -0.130. The number of rotatable bonds is 1. The Morgan fingerprint density at radius 3 is 2.79 bits per heavy atom. The number of halogens is 2. The number of anilines is 1. The Bertz CT molecular complexity index is 675. The van der Waals surface area contributed by atoms with Crippen LogP contribution < -0.4 is 5.32 Å². The van der Waals surface area contributed by atoms with Gasteiger partial charge in [0.2, 0.25) is 5.60 Å². The second-order valence-electron chi connectivity index (χ2n) is 4.19. The number of nitrogens with one attached hydrogen (secondary N) is 1. The molecule has 1 unspecified atom stereocenters. The molecule has 3 rings (SSSR count). The minimum absolute atomic E-state index is 0.0262. The number of carbonyl (C=O) groups is 1. The van der Waals surface area contributed by atoms with E-state index in [1.165, 1.54) is 36.5 Å². The molecule has 0 spiro atoms. The van der Waals surface area contributed by atoms with Gasteiger partial charge < -0.3 is 10.4 Å². The van der Waals surface area contributed by atoms with Crippen molar-refractivity contribution in [1.82, 2.24) is 4.98 Å². The fourth-order valence-corrected chi connectivity index (χ4v) is 2.27. The zero-order valence-electron chi connectivity index (χ0n) is 9.52. The van der Waals surface area contributed by atoms with Crippen LogP contribution in [0.5, 0.6) is 0 Å². The summed E-state index contributed by atoms with van der Waals surface area (Å²) >= 11 is 5.71. The third-order valence-corrected chi connectivity index (χ3v) is 3.27. The number of pyridine rings is 1. The summed E-state index contributed by atoms with van der Waals surface area (Å²) in [7, 11) is 0. The van der Waals surface area contributed by atoms with Crippen LogP contribution in [-0.2, 0) is 10.4 Å². The number of fused-ring (bicyclic) bond motifs is 1. The highest BCUT2D eigenvalue weighted by atomic mass is 35.5. The highest BCUT2D eigenvalue weighted by Gasteiger charge is 2.50. The zero-order chi connectivity index (χ0) is 13.6. The van der Waals surface area contributed by atoms with Crippen LogP contribution >= 0.6 is 11.6 Å². The molecule has 1 aromatic heterocycles. The molecule has 2 heterocycles. The monoisotopic (exact) mass is 278 g/mol. The summed E-state index contributed by atoms with van der Waals surface area (Å²) in [4.78, 5) is 15.9.